The Labute approximate surface area is 163 Å². The summed E-state index contributed by atoms with van der Waals surface area (Å²) in [6.45, 7) is 8.12. The van der Waals surface area contributed by atoms with Crippen molar-refractivity contribution in [1.29, 1.82) is 0 Å². The van der Waals surface area contributed by atoms with Gasteiger partial charge in [-0.3, -0.25) is 4.79 Å². The molecule has 0 atom stereocenters. The maximum absolute atomic E-state index is 12.3. The zero-order valence-electron chi connectivity index (χ0n) is 16.0. The number of nitrogens with zero attached hydrogens (tertiary/aromatic N) is 3. The molecule has 146 valence electrons. The number of esters is 1. The highest BCUT2D eigenvalue weighted by atomic mass is 35.5. The lowest BCUT2D eigenvalue weighted by atomic mass is 10.1. The molecule has 0 spiro atoms. The first-order valence-electron chi connectivity index (χ1n) is 8.77. The normalized spacial score (nSPS) is 11.3. The van der Waals surface area contributed by atoms with Crippen LogP contribution in [0, 0.1) is 0 Å². The van der Waals surface area contributed by atoms with E-state index in [1.807, 2.05) is 27.7 Å². The average molecular weight is 394 g/mol. The van der Waals surface area contributed by atoms with Crippen LogP contribution in [0.1, 0.15) is 56.6 Å². The van der Waals surface area contributed by atoms with Crippen LogP contribution in [0.3, 0.4) is 0 Å². The van der Waals surface area contributed by atoms with Crippen molar-refractivity contribution in [3.8, 4) is 5.75 Å². The molecule has 0 aliphatic rings. The number of carbonyl (C=O) groups excluding carboxylic acids is 1. The Hall–Kier alpha value is -2.41. The molecule has 2 rings (SSSR count). The molecule has 0 radical (unpaired) electrons. The number of unbranched alkanes of at least 4 members (excludes halogenated alkanes) is 1. The van der Waals surface area contributed by atoms with Gasteiger partial charge in [0, 0.05) is 11.8 Å². The van der Waals surface area contributed by atoms with E-state index in [-0.39, 0.29) is 23.1 Å². The number of halogens is 1. The molecule has 0 saturated heterocycles. The van der Waals surface area contributed by atoms with Gasteiger partial charge in [-0.2, -0.15) is 5.10 Å². The fraction of sp³-hybridized carbons (Fsp3) is 0.474. The highest BCUT2D eigenvalue weighted by Gasteiger charge is 2.20. The molecular formula is C19H24ClN3O4. The van der Waals surface area contributed by atoms with Crippen LogP contribution in [-0.4, -0.2) is 27.3 Å². The van der Waals surface area contributed by atoms with Gasteiger partial charge in [0.15, 0.2) is 10.8 Å². The number of rotatable bonds is 7. The second-order valence-corrected chi connectivity index (χ2v) is 7.42. The second kappa shape index (κ2) is 8.99. The second-order valence-electron chi connectivity index (χ2n) is 7.04. The SMILES string of the molecule is CCCCOC(=O)c1ccc(COc2cnn(C(C)(C)C)c(=O)c2Cl)cn1. The fourth-order valence-corrected chi connectivity index (χ4v) is 2.35. The lowest BCUT2D eigenvalue weighted by molar-refractivity contribution is 0.0492. The third-order valence-electron chi connectivity index (χ3n) is 3.68. The van der Waals surface area contributed by atoms with Gasteiger partial charge in [-0.25, -0.2) is 14.5 Å². The van der Waals surface area contributed by atoms with Crippen LogP contribution in [0.2, 0.25) is 5.02 Å². The van der Waals surface area contributed by atoms with Crippen molar-refractivity contribution >= 4 is 17.6 Å². The van der Waals surface area contributed by atoms with E-state index in [0.717, 1.165) is 18.4 Å². The molecule has 7 nitrogen and oxygen atoms in total. The zero-order valence-corrected chi connectivity index (χ0v) is 16.7. The highest BCUT2D eigenvalue weighted by Crippen LogP contribution is 2.21. The number of hydrogen-bond donors (Lipinski definition) is 0. The molecule has 0 aromatic carbocycles. The summed E-state index contributed by atoms with van der Waals surface area (Å²) in [5.74, 6) is -0.251. The summed E-state index contributed by atoms with van der Waals surface area (Å²) in [5.41, 5.74) is 0.0635. The van der Waals surface area contributed by atoms with Gasteiger partial charge in [0.2, 0.25) is 0 Å². The first-order chi connectivity index (χ1) is 12.7. The summed E-state index contributed by atoms with van der Waals surface area (Å²) in [6, 6.07) is 3.28. The molecule has 27 heavy (non-hydrogen) atoms. The molecule has 0 bridgehead atoms. The number of aromatic nitrogens is 3. The van der Waals surface area contributed by atoms with Crippen LogP contribution in [-0.2, 0) is 16.9 Å². The molecule has 0 aliphatic heterocycles. The summed E-state index contributed by atoms with van der Waals surface area (Å²) in [6.07, 6.45) is 4.71. The van der Waals surface area contributed by atoms with Crippen molar-refractivity contribution in [3.63, 3.8) is 0 Å². The topological polar surface area (TPSA) is 83.3 Å². The maximum Gasteiger partial charge on any atom is 0.356 e. The quantitative estimate of drug-likeness (QED) is 0.528. The molecule has 8 heteroatoms. The Balaban J connectivity index is 2.02. The molecule has 0 saturated carbocycles. The van der Waals surface area contributed by atoms with Crippen molar-refractivity contribution in [2.45, 2.75) is 52.7 Å². The van der Waals surface area contributed by atoms with Gasteiger partial charge in [-0.1, -0.05) is 31.0 Å². The van der Waals surface area contributed by atoms with E-state index in [0.29, 0.717) is 6.61 Å². The lowest BCUT2D eigenvalue weighted by Gasteiger charge is -2.21. The van der Waals surface area contributed by atoms with Crippen LogP contribution < -0.4 is 10.3 Å². The number of ether oxygens (including phenoxy) is 2. The molecule has 2 heterocycles. The third-order valence-corrected chi connectivity index (χ3v) is 4.03. The van der Waals surface area contributed by atoms with E-state index in [1.54, 1.807) is 12.1 Å². The van der Waals surface area contributed by atoms with Crippen LogP contribution >= 0.6 is 11.6 Å². The van der Waals surface area contributed by atoms with Crippen LogP contribution in [0.5, 0.6) is 5.75 Å². The molecule has 0 fully saturated rings. The Kier molecular flexibility index (Phi) is 6.96. The Morgan fingerprint density at radius 2 is 2.00 bits per heavy atom. The standard InChI is InChI=1S/C19H24ClN3O4/c1-5-6-9-26-18(25)14-8-7-13(10-21-14)12-27-15-11-22-23(19(2,3)4)17(24)16(15)20/h7-8,10-11H,5-6,9,12H2,1-4H3. The van der Waals surface area contributed by atoms with Crippen molar-refractivity contribution < 1.29 is 14.3 Å². The minimum Gasteiger partial charge on any atom is -0.485 e. The minimum atomic E-state index is -0.481. The van der Waals surface area contributed by atoms with Gasteiger partial charge >= 0.3 is 5.97 Å². The van der Waals surface area contributed by atoms with Gasteiger partial charge in [0.1, 0.15) is 12.3 Å². The first-order valence-corrected chi connectivity index (χ1v) is 9.15. The molecule has 0 amide bonds. The summed E-state index contributed by atoms with van der Waals surface area (Å²) in [7, 11) is 0. The van der Waals surface area contributed by atoms with E-state index < -0.39 is 17.1 Å². The van der Waals surface area contributed by atoms with Gasteiger partial charge in [-0.05, 0) is 33.3 Å². The average Bonchev–Trinajstić information content (AvgIpc) is 2.62. The van der Waals surface area contributed by atoms with Crippen LogP contribution in [0.15, 0.2) is 29.3 Å². The highest BCUT2D eigenvalue weighted by molar-refractivity contribution is 6.31. The van der Waals surface area contributed by atoms with E-state index >= 15 is 0 Å². The third kappa shape index (κ3) is 5.53. The van der Waals surface area contributed by atoms with Crippen molar-refractivity contribution in [2.75, 3.05) is 6.61 Å². The van der Waals surface area contributed by atoms with E-state index in [2.05, 4.69) is 10.1 Å². The summed E-state index contributed by atoms with van der Waals surface area (Å²) in [5, 5.41) is 4.09. The summed E-state index contributed by atoms with van der Waals surface area (Å²) >= 11 is 6.12. The fourth-order valence-electron chi connectivity index (χ4n) is 2.17. The van der Waals surface area contributed by atoms with Crippen LogP contribution in [0.25, 0.3) is 0 Å². The predicted octanol–water partition coefficient (Wildman–Crippen LogP) is 3.58. The van der Waals surface area contributed by atoms with Gasteiger partial charge < -0.3 is 9.47 Å². The largest absolute Gasteiger partial charge is 0.485 e. The molecule has 2 aromatic rings. The first kappa shape index (κ1) is 20.9. The van der Waals surface area contributed by atoms with Gasteiger partial charge in [-0.15, -0.1) is 0 Å². The summed E-state index contributed by atoms with van der Waals surface area (Å²) < 4.78 is 12.0. The molecule has 0 N–H and O–H groups in total. The molecule has 0 aliphatic carbocycles. The smallest absolute Gasteiger partial charge is 0.356 e. The number of pyridine rings is 1. The summed E-state index contributed by atoms with van der Waals surface area (Å²) in [4.78, 5) is 28.2. The predicted molar refractivity (Wildman–Crippen MR) is 102 cm³/mol. The molecule has 2 aromatic heterocycles. The monoisotopic (exact) mass is 393 g/mol. The lowest BCUT2D eigenvalue weighted by Crippen LogP contribution is -2.36. The molecule has 0 unspecified atom stereocenters. The number of hydrogen-bond acceptors (Lipinski definition) is 6. The Morgan fingerprint density at radius 3 is 2.59 bits per heavy atom. The van der Waals surface area contributed by atoms with Crippen molar-refractivity contribution in [1.82, 2.24) is 14.8 Å². The minimum absolute atomic E-state index is 0.0241. The molecular weight excluding hydrogens is 370 g/mol. The maximum atomic E-state index is 12.3. The van der Waals surface area contributed by atoms with E-state index in [4.69, 9.17) is 21.1 Å². The zero-order chi connectivity index (χ0) is 20.0. The van der Waals surface area contributed by atoms with Crippen molar-refractivity contribution in [2.24, 2.45) is 0 Å². The van der Waals surface area contributed by atoms with Crippen LogP contribution in [0.4, 0.5) is 0 Å². The Bertz CT molecular complexity index is 842. The van der Waals surface area contributed by atoms with Crippen molar-refractivity contribution in [3.05, 3.63) is 51.2 Å². The van der Waals surface area contributed by atoms with E-state index in [9.17, 15) is 9.59 Å². The number of carbonyl (C=O) groups is 1. The van der Waals surface area contributed by atoms with Gasteiger partial charge in [0.25, 0.3) is 5.56 Å². The Morgan fingerprint density at radius 1 is 1.26 bits per heavy atom. The van der Waals surface area contributed by atoms with E-state index in [1.165, 1.54) is 17.1 Å². The van der Waals surface area contributed by atoms with Gasteiger partial charge in [0.05, 0.1) is 18.3 Å².